The normalized spacial score (nSPS) is 27.6. The average molecular weight is 304 g/mol. The molecule has 8 heteroatoms. The summed E-state index contributed by atoms with van der Waals surface area (Å²) in [7, 11) is 0. The number of rotatable bonds is 3. The fraction of sp³-hybridized carbons (Fsp3) is 0.750. The number of carbonyl (C=O) groups is 3. The molecule has 1 saturated carbocycles. The van der Waals surface area contributed by atoms with Crippen molar-refractivity contribution in [2.24, 2.45) is 0 Å². The van der Waals surface area contributed by atoms with Crippen molar-refractivity contribution in [1.29, 1.82) is 0 Å². The van der Waals surface area contributed by atoms with Crippen LogP contribution in [0, 0.1) is 0 Å². The average Bonchev–Trinajstić information content (AvgIpc) is 2.93. The lowest BCUT2D eigenvalue weighted by molar-refractivity contribution is -0.124. The molecule has 112 valence electrons. The number of imide groups is 1. The van der Waals surface area contributed by atoms with Gasteiger partial charge in [0, 0.05) is 0 Å². The Hall–Kier alpha value is -1.50. The molecule has 3 N–H and O–H groups in total. The molecule has 7 nitrogen and oxygen atoms in total. The van der Waals surface area contributed by atoms with Crippen molar-refractivity contribution in [2.45, 2.75) is 49.6 Å². The van der Waals surface area contributed by atoms with E-state index in [4.69, 9.17) is 16.3 Å². The Morgan fingerprint density at radius 2 is 2.00 bits per heavy atom. The maximum absolute atomic E-state index is 12.0. The predicted octanol–water partition coefficient (Wildman–Crippen LogP) is 0.861. The number of hydrogen-bond donors (Lipinski definition) is 3. The van der Waals surface area contributed by atoms with Crippen LogP contribution in [0.1, 0.15) is 33.6 Å². The third-order valence-electron chi connectivity index (χ3n) is 3.29. The van der Waals surface area contributed by atoms with Crippen LogP contribution in [-0.2, 0) is 9.53 Å². The number of amides is 4. The molecule has 1 aliphatic heterocycles. The lowest BCUT2D eigenvalue weighted by Gasteiger charge is -2.31. The molecule has 1 heterocycles. The Bertz CT molecular complexity index is 470. The second kappa shape index (κ2) is 4.51. The Kier molecular flexibility index (Phi) is 3.36. The van der Waals surface area contributed by atoms with Crippen LogP contribution in [-0.4, -0.2) is 40.6 Å². The van der Waals surface area contributed by atoms with Gasteiger partial charge in [0.1, 0.15) is 5.60 Å². The van der Waals surface area contributed by atoms with Crippen LogP contribution in [0.3, 0.4) is 0 Å². The van der Waals surface area contributed by atoms with E-state index in [0.29, 0.717) is 12.8 Å². The van der Waals surface area contributed by atoms with Gasteiger partial charge in [-0.1, -0.05) is 0 Å². The Balaban J connectivity index is 2.06. The molecule has 2 aliphatic rings. The standard InChI is InChI=1S/C12H18ClN3O4/c1-10(2,3)20-9(19)14-6-12(11(13)4-5-11)7(17)15-8(18)16-12/h4-6H2,1-3H3,(H,14,19)(H2,15,16,17,18)/t12-/m1/s1. The summed E-state index contributed by atoms with van der Waals surface area (Å²) in [6.07, 6.45) is 0.531. The molecule has 1 aliphatic carbocycles. The lowest BCUT2D eigenvalue weighted by atomic mass is 9.92. The first-order chi connectivity index (χ1) is 9.08. The maximum Gasteiger partial charge on any atom is 0.407 e. The number of nitrogens with one attached hydrogen (secondary N) is 3. The summed E-state index contributed by atoms with van der Waals surface area (Å²) in [6, 6.07) is -0.604. The fourth-order valence-electron chi connectivity index (χ4n) is 2.15. The van der Waals surface area contributed by atoms with Crippen LogP contribution in [0.5, 0.6) is 0 Å². The number of ether oxygens (including phenoxy) is 1. The summed E-state index contributed by atoms with van der Waals surface area (Å²) in [5.41, 5.74) is -1.96. The van der Waals surface area contributed by atoms with E-state index in [1.54, 1.807) is 20.8 Å². The minimum atomic E-state index is -1.32. The molecular weight excluding hydrogens is 286 g/mol. The first-order valence-electron chi connectivity index (χ1n) is 6.37. The predicted molar refractivity (Wildman–Crippen MR) is 71.5 cm³/mol. The van der Waals surface area contributed by atoms with E-state index in [9.17, 15) is 14.4 Å². The summed E-state index contributed by atoms with van der Waals surface area (Å²) >= 11 is 6.32. The topological polar surface area (TPSA) is 96.5 Å². The SMILES string of the molecule is CC(C)(C)OC(=O)NC[C@@]1(C2(Cl)CC2)NC(=O)NC1=O. The third-order valence-corrected chi connectivity index (χ3v) is 3.99. The van der Waals surface area contributed by atoms with Gasteiger partial charge in [-0.2, -0.15) is 0 Å². The smallest absolute Gasteiger partial charge is 0.407 e. The van der Waals surface area contributed by atoms with Gasteiger partial charge in [-0.15, -0.1) is 11.6 Å². The monoisotopic (exact) mass is 303 g/mol. The first kappa shape index (κ1) is 14.9. The zero-order valence-corrected chi connectivity index (χ0v) is 12.4. The highest BCUT2D eigenvalue weighted by Gasteiger charge is 2.66. The molecule has 0 bridgehead atoms. The number of alkyl carbamates (subject to hydrolysis) is 1. The van der Waals surface area contributed by atoms with Gasteiger partial charge in [0.05, 0.1) is 11.4 Å². The van der Waals surface area contributed by atoms with Gasteiger partial charge >= 0.3 is 12.1 Å². The van der Waals surface area contributed by atoms with E-state index < -0.39 is 34.0 Å². The highest BCUT2D eigenvalue weighted by molar-refractivity contribution is 6.30. The van der Waals surface area contributed by atoms with Crippen LogP contribution < -0.4 is 16.0 Å². The van der Waals surface area contributed by atoms with E-state index in [0.717, 1.165) is 0 Å². The first-order valence-corrected chi connectivity index (χ1v) is 6.75. The molecule has 2 fully saturated rings. The van der Waals surface area contributed by atoms with Gasteiger partial charge in [0.25, 0.3) is 5.91 Å². The quantitative estimate of drug-likeness (QED) is 0.532. The Morgan fingerprint density at radius 3 is 2.40 bits per heavy atom. The summed E-state index contributed by atoms with van der Waals surface area (Å²) in [5.74, 6) is -0.522. The zero-order chi connectivity index (χ0) is 15.2. The molecule has 1 atom stereocenters. The summed E-state index contributed by atoms with van der Waals surface area (Å²) in [5, 5.41) is 7.20. The number of hydrogen-bond acceptors (Lipinski definition) is 4. The van der Waals surface area contributed by atoms with Crippen LogP contribution in [0.15, 0.2) is 0 Å². The van der Waals surface area contributed by atoms with Crippen molar-refractivity contribution in [2.75, 3.05) is 6.54 Å². The molecule has 0 aromatic carbocycles. The van der Waals surface area contributed by atoms with E-state index in [2.05, 4.69) is 16.0 Å². The molecule has 0 radical (unpaired) electrons. The van der Waals surface area contributed by atoms with Crippen molar-refractivity contribution in [3.63, 3.8) is 0 Å². The fourth-order valence-corrected chi connectivity index (χ4v) is 2.44. The molecular formula is C12H18ClN3O4. The third kappa shape index (κ3) is 2.67. The molecule has 0 unspecified atom stereocenters. The van der Waals surface area contributed by atoms with Crippen molar-refractivity contribution in [3.05, 3.63) is 0 Å². The lowest BCUT2D eigenvalue weighted by Crippen LogP contribution is -2.62. The Labute approximate surface area is 121 Å². The number of carbonyl (C=O) groups excluding carboxylic acids is 3. The maximum atomic E-state index is 12.0. The molecule has 0 aromatic rings. The minimum Gasteiger partial charge on any atom is -0.444 e. The second-order valence-electron chi connectivity index (χ2n) is 6.13. The van der Waals surface area contributed by atoms with Crippen LogP contribution in [0.25, 0.3) is 0 Å². The van der Waals surface area contributed by atoms with E-state index in [1.807, 2.05) is 0 Å². The molecule has 20 heavy (non-hydrogen) atoms. The van der Waals surface area contributed by atoms with Crippen molar-refractivity contribution in [1.82, 2.24) is 16.0 Å². The molecule has 2 rings (SSSR count). The van der Waals surface area contributed by atoms with Gasteiger partial charge in [-0.05, 0) is 33.6 Å². The van der Waals surface area contributed by atoms with Crippen LogP contribution in [0.2, 0.25) is 0 Å². The van der Waals surface area contributed by atoms with Gasteiger partial charge in [0.2, 0.25) is 0 Å². The van der Waals surface area contributed by atoms with Gasteiger partial charge < -0.3 is 15.4 Å². The van der Waals surface area contributed by atoms with Gasteiger partial charge in [-0.25, -0.2) is 9.59 Å². The van der Waals surface area contributed by atoms with Crippen molar-refractivity contribution >= 4 is 29.6 Å². The summed E-state index contributed by atoms with van der Waals surface area (Å²) < 4.78 is 5.10. The Morgan fingerprint density at radius 1 is 1.40 bits per heavy atom. The second-order valence-corrected chi connectivity index (χ2v) is 6.86. The van der Waals surface area contributed by atoms with Crippen LogP contribution in [0.4, 0.5) is 9.59 Å². The van der Waals surface area contributed by atoms with Crippen LogP contribution >= 0.6 is 11.6 Å². The highest BCUT2D eigenvalue weighted by atomic mass is 35.5. The number of alkyl halides is 1. The van der Waals surface area contributed by atoms with Gasteiger partial charge in [-0.3, -0.25) is 10.1 Å². The molecule has 4 amide bonds. The molecule has 1 saturated heterocycles. The zero-order valence-electron chi connectivity index (χ0n) is 11.6. The number of halogens is 1. The molecule has 0 aromatic heterocycles. The van der Waals surface area contributed by atoms with E-state index in [1.165, 1.54) is 0 Å². The van der Waals surface area contributed by atoms with Crippen molar-refractivity contribution < 1.29 is 19.1 Å². The minimum absolute atomic E-state index is 0.108. The van der Waals surface area contributed by atoms with E-state index in [-0.39, 0.29) is 6.54 Å². The number of urea groups is 1. The van der Waals surface area contributed by atoms with E-state index >= 15 is 0 Å². The molecule has 0 spiro atoms. The summed E-state index contributed by atoms with van der Waals surface area (Å²) in [4.78, 5) is 34.2. The van der Waals surface area contributed by atoms with Crippen molar-refractivity contribution in [3.8, 4) is 0 Å². The van der Waals surface area contributed by atoms with Gasteiger partial charge in [0.15, 0.2) is 5.54 Å². The largest absolute Gasteiger partial charge is 0.444 e. The summed E-state index contributed by atoms with van der Waals surface area (Å²) in [6.45, 7) is 5.09. The highest BCUT2D eigenvalue weighted by Crippen LogP contribution is 2.51.